The lowest BCUT2D eigenvalue weighted by Crippen LogP contribution is -2.53. The summed E-state index contributed by atoms with van der Waals surface area (Å²) in [4.78, 5) is 29.7. The van der Waals surface area contributed by atoms with Crippen LogP contribution in [0.1, 0.15) is 55.3 Å². The van der Waals surface area contributed by atoms with Crippen molar-refractivity contribution in [3.63, 3.8) is 0 Å². The van der Waals surface area contributed by atoms with E-state index in [2.05, 4.69) is 15.9 Å². The first-order valence-corrected chi connectivity index (χ1v) is 11.6. The molecule has 0 radical (unpaired) electrons. The zero-order valence-corrected chi connectivity index (χ0v) is 18.0. The number of hydrogen-bond acceptors (Lipinski definition) is 2. The summed E-state index contributed by atoms with van der Waals surface area (Å²) in [5.41, 5.74) is 1.02. The highest BCUT2D eigenvalue weighted by Gasteiger charge is 2.51. The first kappa shape index (κ1) is 18.7. The van der Waals surface area contributed by atoms with Gasteiger partial charge < -0.3 is 9.80 Å². The largest absolute Gasteiger partial charge is 0.339 e. The van der Waals surface area contributed by atoms with Crippen LogP contribution in [0.5, 0.6) is 0 Å². The molecule has 2 amide bonds. The quantitative estimate of drug-likeness (QED) is 0.695. The summed E-state index contributed by atoms with van der Waals surface area (Å²) in [6.45, 7) is 2.63. The minimum Gasteiger partial charge on any atom is -0.339 e. The molecular weight excluding hydrogens is 416 g/mol. The molecule has 0 unspecified atom stereocenters. The Kier molecular flexibility index (Phi) is 4.77. The van der Waals surface area contributed by atoms with Crippen LogP contribution in [-0.4, -0.2) is 47.8 Å². The average molecular weight is 445 g/mol. The van der Waals surface area contributed by atoms with E-state index in [1.165, 1.54) is 38.5 Å². The molecule has 0 spiro atoms. The van der Waals surface area contributed by atoms with Crippen molar-refractivity contribution in [2.24, 2.45) is 23.2 Å². The number of carbonyl (C=O) groups is 2. The van der Waals surface area contributed by atoms with Crippen molar-refractivity contribution in [3.05, 3.63) is 34.3 Å². The predicted octanol–water partition coefficient (Wildman–Crippen LogP) is 4.34. The lowest BCUT2D eigenvalue weighted by Gasteiger charge is -2.57. The fraction of sp³-hybridized carbons (Fsp3) is 0.652. The number of halogens is 1. The molecule has 1 aromatic rings. The molecule has 1 heterocycles. The van der Waals surface area contributed by atoms with Crippen LogP contribution in [0.15, 0.2) is 28.7 Å². The van der Waals surface area contributed by atoms with Crippen LogP contribution in [0, 0.1) is 23.2 Å². The van der Waals surface area contributed by atoms with E-state index in [4.69, 9.17) is 0 Å². The highest BCUT2D eigenvalue weighted by atomic mass is 79.9. The summed E-state index contributed by atoms with van der Waals surface area (Å²) in [6, 6.07) is 7.52. The summed E-state index contributed by atoms with van der Waals surface area (Å²) < 4.78 is 0.976. The van der Waals surface area contributed by atoms with Gasteiger partial charge in [-0.25, -0.2) is 0 Å². The van der Waals surface area contributed by atoms with Crippen molar-refractivity contribution in [1.82, 2.24) is 9.80 Å². The molecule has 6 rings (SSSR count). The van der Waals surface area contributed by atoms with Gasteiger partial charge >= 0.3 is 0 Å². The van der Waals surface area contributed by atoms with Crippen molar-refractivity contribution in [2.45, 2.75) is 44.9 Å². The van der Waals surface area contributed by atoms with Crippen LogP contribution >= 0.6 is 15.9 Å². The Balaban J connectivity index is 1.17. The third kappa shape index (κ3) is 3.51. The van der Waals surface area contributed by atoms with Gasteiger partial charge in [0.05, 0.1) is 0 Å². The molecule has 28 heavy (non-hydrogen) atoms. The molecule has 4 bridgehead atoms. The van der Waals surface area contributed by atoms with E-state index < -0.39 is 0 Å². The molecule has 1 aliphatic heterocycles. The summed E-state index contributed by atoms with van der Waals surface area (Å²) in [5, 5.41) is 0. The highest BCUT2D eigenvalue weighted by Crippen LogP contribution is 2.61. The van der Waals surface area contributed by atoms with Gasteiger partial charge in [0.15, 0.2) is 0 Å². The molecule has 5 heteroatoms. The highest BCUT2D eigenvalue weighted by molar-refractivity contribution is 9.10. The smallest absolute Gasteiger partial charge is 0.253 e. The van der Waals surface area contributed by atoms with Crippen LogP contribution in [0.3, 0.4) is 0 Å². The minimum atomic E-state index is 0.0701. The van der Waals surface area contributed by atoms with Crippen LogP contribution in [0.25, 0.3) is 0 Å². The molecule has 4 saturated carbocycles. The van der Waals surface area contributed by atoms with E-state index >= 15 is 0 Å². The lowest BCUT2D eigenvalue weighted by molar-refractivity contribution is -0.141. The van der Waals surface area contributed by atoms with Gasteiger partial charge in [0.1, 0.15) is 0 Å². The van der Waals surface area contributed by atoms with Gasteiger partial charge in [-0.3, -0.25) is 9.59 Å². The monoisotopic (exact) mass is 444 g/mol. The second-order valence-corrected chi connectivity index (χ2v) is 10.7. The van der Waals surface area contributed by atoms with E-state index in [0.717, 1.165) is 34.2 Å². The number of amides is 2. The third-order valence-corrected chi connectivity index (χ3v) is 8.23. The fourth-order valence-electron chi connectivity index (χ4n) is 6.87. The molecule has 5 aliphatic rings. The molecule has 150 valence electrons. The maximum atomic E-state index is 13.1. The second kappa shape index (κ2) is 7.16. The maximum absolute atomic E-state index is 13.1. The van der Waals surface area contributed by atoms with E-state index in [-0.39, 0.29) is 5.91 Å². The van der Waals surface area contributed by atoms with E-state index in [9.17, 15) is 9.59 Å². The van der Waals surface area contributed by atoms with Crippen molar-refractivity contribution in [1.29, 1.82) is 0 Å². The van der Waals surface area contributed by atoms with Crippen LogP contribution in [-0.2, 0) is 4.79 Å². The Labute approximate surface area is 175 Å². The first-order chi connectivity index (χ1) is 13.5. The van der Waals surface area contributed by atoms with E-state index in [0.29, 0.717) is 37.5 Å². The number of carbonyl (C=O) groups excluding carboxylic acids is 2. The Bertz CT molecular complexity index is 732. The summed E-state index contributed by atoms with van der Waals surface area (Å²) in [6.07, 6.45) is 8.86. The minimum absolute atomic E-state index is 0.0701. The summed E-state index contributed by atoms with van der Waals surface area (Å²) >= 11 is 3.41. The van der Waals surface area contributed by atoms with Gasteiger partial charge in [0.2, 0.25) is 5.91 Å². The number of nitrogens with zero attached hydrogens (tertiary/aromatic N) is 2. The SMILES string of the molecule is O=C(CC12CC3CC(CC(C3)C1)C2)N1CCN(C(=O)c2ccc(Br)cc2)CC1. The number of benzene rings is 1. The van der Waals surface area contributed by atoms with Gasteiger partial charge in [-0.1, -0.05) is 15.9 Å². The van der Waals surface area contributed by atoms with Gasteiger partial charge in [0, 0.05) is 42.6 Å². The van der Waals surface area contributed by atoms with Gasteiger partial charge in [-0.05, 0) is 86.0 Å². The second-order valence-electron chi connectivity index (χ2n) is 9.77. The van der Waals surface area contributed by atoms with Gasteiger partial charge in [-0.2, -0.15) is 0 Å². The van der Waals surface area contributed by atoms with Crippen LogP contribution < -0.4 is 0 Å². The van der Waals surface area contributed by atoms with E-state index in [1.807, 2.05) is 34.1 Å². The van der Waals surface area contributed by atoms with Crippen molar-refractivity contribution in [3.8, 4) is 0 Å². The Morgan fingerprint density at radius 3 is 1.89 bits per heavy atom. The normalized spacial score (nSPS) is 34.0. The third-order valence-electron chi connectivity index (χ3n) is 7.70. The zero-order chi connectivity index (χ0) is 19.3. The Morgan fingerprint density at radius 1 is 0.857 bits per heavy atom. The molecule has 0 atom stereocenters. The molecule has 4 nitrogen and oxygen atoms in total. The lowest BCUT2D eigenvalue weighted by atomic mass is 9.49. The van der Waals surface area contributed by atoms with Gasteiger partial charge in [-0.15, -0.1) is 0 Å². The van der Waals surface area contributed by atoms with Crippen molar-refractivity contribution >= 4 is 27.7 Å². The summed E-state index contributed by atoms with van der Waals surface area (Å²) in [7, 11) is 0. The molecule has 1 aromatic carbocycles. The fourth-order valence-corrected chi connectivity index (χ4v) is 7.14. The van der Waals surface area contributed by atoms with Crippen LogP contribution in [0.2, 0.25) is 0 Å². The standard InChI is InChI=1S/C23H29BrN2O2/c24-20-3-1-19(2-4-20)22(28)26-7-5-25(6-8-26)21(27)15-23-12-16-9-17(13-23)11-18(10-16)14-23/h1-4,16-18H,5-15H2. The Morgan fingerprint density at radius 2 is 1.36 bits per heavy atom. The van der Waals surface area contributed by atoms with E-state index in [1.54, 1.807) is 0 Å². The molecule has 0 aromatic heterocycles. The molecule has 5 fully saturated rings. The van der Waals surface area contributed by atoms with Gasteiger partial charge in [0.25, 0.3) is 5.91 Å². The number of rotatable bonds is 3. The first-order valence-electron chi connectivity index (χ1n) is 10.8. The van der Waals surface area contributed by atoms with Crippen LogP contribution in [0.4, 0.5) is 0 Å². The van der Waals surface area contributed by atoms with Crippen molar-refractivity contribution < 1.29 is 9.59 Å². The average Bonchev–Trinajstić information content (AvgIpc) is 2.67. The number of piperazine rings is 1. The Hall–Kier alpha value is -1.36. The summed E-state index contributed by atoms with van der Waals surface area (Å²) in [5.74, 6) is 3.07. The molecule has 1 saturated heterocycles. The van der Waals surface area contributed by atoms with Crippen molar-refractivity contribution in [2.75, 3.05) is 26.2 Å². The molecule has 4 aliphatic carbocycles. The molecular formula is C23H29BrN2O2. The number of hydrogen-bond donors (Lipinski definition) is 0. The predicted molar refractivity (Wildman–Crippen MR) is 112 cm³/mol. The molecule has 0 N–H and O–H groups in total. The maximum Gasteiger partial charge on any atom is 0.253 e. The zero-order valence-electron chi connectivity index (χ0n) is 16.4. The topological polar surface area (TPSA) is 40.6 Å².